The highest BCUT2D eigenvalue weighted by Gasteiger charge is 2.24. The zero-order valence-corrected chi connectivity index (χ0v) is 15.6. The van der Waals surface area contributed by atoms with E-state index in [0.717, 1.165) is 38.6 Å². The van der Waals surface area contributed by atoms with E-state index in [9.17, 15) is 9.18 Å². The average Bonchev–Trinajstić information content (AvgIpc) is 2.69. The molecule has 1 aliphatic carbocycles. The van der Waals surface area contributed by atoms with Crippen molar-refractivity contribution in [2.24, 2.45) is 5.92 Å². The summed E-state index contributed by atoms with van der Waals surface area (Å²) >= 11 is 0. The highest BCUT2D eigenvalue weighted by Crippen LogP contribution is 2.20. The molecule has 1 aromatic carbocycles. The van der Waals surface area contributed by atoms with E-state index in [2.05, 4.69) is 17.1 Å². The second-order valence-electron chi connectivity index (χ2n) is 6.86. The van der Waals surface area contributed by atoms with Gasteiger partial charge in [-0.25, -0.2) is 14.0 Å². The molecule has 0 bridgehead atoms. The lowest BCUT2D eigenvalue weighted by Crippen LogP contribution is -2.49. The third kappa shape index (κ3) is 6.77. The molecule has 0 radical (unpaired) electrons. The first kappa shape index (κ1) is 21.6. The quantitative estimate of drug-likeness (QED) is 0.604. The molecule has 152 valence electrons. The molecule has 0 spiro atoms. The molecule has 2 aliphatic rings. The van der Waals surface area contributed by atoms with Gasteiger partial charge in [-0.2, -0.15) is 0 Å². The molecule has 1 fully saturated rings. The molecule has 8 heteroatoms. The summed E-state index contributed by atoms with van der Waals surface area (Å²) in [4.78, 5) is 34.9. The van der Waals surface area contributed by atoms with E-state index in [1.807, 2.05) is 4.90 Å². The molecule has 0 saturated carbocycles. The fourth-order valence-corrected chi connectivity index (χ4v) is 3.32. The molecule has 3 rings (SSSR count). The van der Waals surface area contributed by atoms with Crippen molar-refractivity contribution in [1.82, 2.24) is 9.80 Å². The van der Waals surface area contributed by atoms with Crippen LogP contribution in [-0.4, -0.2) is 70.6 Å². The number of nitrogens with zero attached hydrogens (tertiary/aromatic N) is 2. The summed E-state index contributed by atoms with van der Waals surface area (Å²) in [7, 11) is 0. The van der Waals surface area contributed by atoms with E-state index in [-0.39, 0.29) is 11.7 Å². The minimum atomic E-state index is -1.82. The van der Waals surface area contributed by atoms with Gasteiger partial charge in [-0.05, 0) is 43.4 Å². The molecule has 1 aliphatic heterocycles. The van der Waals surface area contributed by atoms with Crippen LogP contribution in [0, 0.1) is 11.7 Å². The Bertz CT molecular complexity index is 717. The second kappa shape index (κ2) is 10.6. The third-order valence-electron chi connectivity index (χ3n) is 4.81. The van der Waals surface area contributed by atoms with Crippen LogP contribution in [-0.2, 0) is 9.59 Å². The Morgan fingerprint density at radius 3 is 2.25 bits per heavy atom. The number of carboxylic acid groups (broad SMARTS) is 2. The zero-order chi connectivity index (χ0) is 20.5. The van der Waals surface area contributed by atoms with E-state index in [4.69, 9.17) is 19.8 Å². The van der Waals surface area contributed by atoms with Gasteiger partial charge in [0, 0.05) is 38.3 Å². The number of amides is 1. The summed E-state index contributed by atoms with van der Waals surface area (Å²) < 4.78 is 13.2. The number of carbonyl (C=O) groups is 3. The van der Waals surface area contributed by atoms with Crippen LogP contribution in [0.4, 0.5) is 4.39 Å². The summed E-state index contributed by atoms with van der Waals surface area (Å²) in [5, 5.41) is 14.8. The van der Waals surface area contributed by atoms with E-state index < -0.39 is 11.9 Å². The van der Waals surface area contributed by atoms with Crippen LogP contribution in [0.2, 0.25) is 0 Å². The Morgan fingerprint density at radius 2 is 1.71 bits per heavy atom. The van der Waals surface area contributed by atoms with Gasteiger partial charge in [0.25, 0.3) is 5.91 Å². The van der Waals surface area contributed by atoms with Crippen LogP contribution in [0.15, 0.2) is 36.4 Å². The van der Waals surface area contributed by atoms with Gasteiger partial charge >= 0.3 is 11.9 Å². The predicted octanol–water partition coefficient (Wildman–Crippen LogP) is 2.10. The van der Waals surface area contributed by atoms with Crippen molar-refractivity contribution in [1.29, 1.82) is 0 Å². The van der Waals surface area contributed by atoms with Gasteiger partial charge in [-0.15, -0.1) is 0 Å². The zero-order valence-electron chi connectivity index (χ0n) is 15.6. The van der Waals surface area contributed by atoms with Crippen LogP contribution in [0.25, 0.3) is 0 Å². The second-order valence-corrected chi connectivity index (χ2v) is 6.86. The van der Waals surface area contributed by atoms with E-state index in [0.29, 0.717) is 5.56 Å². The molecule has 1 aromatic rings. The predicted molar refractivity (Wildman–Crippen MR) is 100 cm³/mol. The number of benzene rings is 1. The van der Waals surface area contributed by atoms with Crippen molar-refractivity contribution >= 4 is 17.8 Å². The number of aliphatic carboxylic acids is 2. The number of piperazine rings is 1. The molecule has 1 atom stereocenters. The number of carboxylic acids is 2. The maximum atomic E-state index is 13.2. The number of allylic oxidation sites excluding steroid dienone is 2. The molecule has 1 amide bonds. The van der Waals surface area contributed by atoms with E-state index >= 15 is 0 Å². The molecule has 1 unspecified atom stereocenters. The van der Waals surface area contributed by atoms with Crippen molar-refractivity contribution in [3.63, 3.8) is 0 Å². The normalized spacial score (nSPS) is 19.5. The number of hydrogen-bond acceptors (Lipinski definition) is 4. The Hall–Kier alpha value is -2.74. The van der Waals surface area contributed by atoms with Crippen LogP contribution in [0.3, 0.4) is 0 Å². The summed E-state index contributed by atoms with van der Waals surface area (Å²) in [5.41, 5.74) is 0.450. The van der Waals surface area contributed by atoms with Gasteiger partial charge in [0.15, 0.2) is 0 Å². The van der Waals surface area contributed by atoms with Crippen molar-refractivity contribution < 1.29 is 29.0 Å². The number of halogens is 1. The van der Waals surface area contributed by atoms with Gasteiger partial charge in [0.1, 0.15) is 5.82 Å². The minimum absolute atomic E-state index is 0.0558. The lowest BCUT2D eigenvalue weighted by molar-refractivity contribution is -0.159. The maximum absolute atomic E-state index is 13.2. The smallest absolute Gasteiger partial charge is 0.414 e. The molecule has 28 heavy (non-hydrogen) atoms. The first-order chi connectivity index (χ1) is 13.4. The summed E-state index contributed by atoms with van der Waals surface area (Å²) in [5.74, 6) is -3.30. The highest BCUT2D eigenvalue weighted by molar-refractivity contribution is 6.27. The number of hydrogen-bond donors (Lipinski definition) is 2. The molecular weight excluding hydrogens is 367 g/mol. The monoisotopic (exact) mass is 392 g/mol. The summed E-state index contributed by atoms with van der Waals surface area (Å²) in [6.07, 6.45) is 8.22. The fraction of sp³-hybridized carbons (Fsp3) is 0.450. The van der Waals surface area contributed by atoms with Crippen molar-refractivity contribution in [3.05, 3.63) is 47.8 Å². The van der Waals surface area contributed by atoms with E-state index in [1.54, 1.807) is 12.1 Å². The lowest BCUT2D eigenvalue weighted by Gasteiger charge is -2.36. The van der Waals surface area contributed by atoms with E-state index in [1.165, 1.54) is 31.4 Å². The Morgan fingerprint density at radius 1 is 1.04 bits per heavy atom. The van der Waals surface area contributed by atoms with Gasteiger partial charge in [-0.1, -0.05) is 18.2 Å². The Balaban J connectivity index is 0.000000409. The van der Waals surface area contributed by atoms with Gasteiger partial charge < -0.3 is 15.1 Å². The highest BCUT2D eigenvalue weighted by atomic mass is 19.1. The summed E-state index contributed by atoms with van der Waals surface area (Å²) in [6, 6.07) is 5.97. The van der Waals surface area contributed by atoms with Crippen LogP contribution in [0.5, 0.6) is 0 Å². The van der Waals surface area contributed by atoms with Crippen molar-refractivity contribution in [2.45, 2.75) is 19.3 Å². The Kier molecular flexibility index (Phi) is 8.13. The van der Waals surface area contributed by atoms with Crippen molar-refractivity contribution in [2.75, 3.05) is 32.7 Å². The topological polar surface area (TPSA) is 98.1 Å². The molecule has 2 N–H and O–H groups in total. The van der Waals surface area contributed by atoms with Crippen LogP contribution in [0.1, 0.15) is 29.6 Å². The first-order valence-corrected chi connectivity index (χ1v) is 9.25. The van der Waals surface area contributed by atoms with Crippen molar-refractivity contribution in [3.8, 4) is 0 Å². The van der Waals surface area contributed by atoms with Gasteiger partial charge in [0.2, 0.25) is 0 Å². The molecule has 1 heterocycles. The average molecular weight is 392 g/mol. The third-order valence-corrected chi connectivity index (χ3v) is 4.81. The molecule has 0 aromatic heterocycles. The number of rotatable bonds is 3. The largest absolute Gasteiger partial charge is 0.473 e. The SMILES string of the molecule is O=C(O)C(=O)O.O=C(c1cccc(F)c1)N1CCN(CC2CC=CCC2)CC1. The maximum Gasteiger partial charge on any atom is 0.414 e. The molecular formula is C20H25FN2O5. The van der Waals surface area contributed by atoms with Gasteiger partial charge in [0.05, 0.1) is 0 Å². The van der Waals surface area contributed by atoms with Crippen LogP contribution >= 0.6 is 0 Å². The lowest BCUT2D eigenvalue weighted by atomic mass is 9.94. The number of carbonyl (C=O) groups excluding carboxylic acids is 1. The van der Waals surface area contributed by atoms with Crippen LogP contribution < -0.4 is 0 Å². The standard InChI is InChI=1S/C18H23FN2O.C2H2O4/c19-17-8-4-7-16(13-17)18(22)21-11-9-20(10-12-21)14-15-5-2-1-3-6-15;3-1(4)2(5)6/h1-2,4,7-8,13,15H,3,5-6,9-12,14H2;(H,3,4)(H,5,6). The molecule has 1 saturated heterocycles. The Labute approximate surface area is 163 Å². The first-order valence-electron chi connectivity index (χ1n) is 9.25. The molecule has 7 nitrogen and oxygen atoms in total. The fourth-order valence-electron chi connectivity index (χ4n) is 3.32. The summed E-state index contributed by atoms with van der Waals surface area (Å²) in [6.45, 7) is 4.44. The minimum Gasteiger partial charge on any atom is -0.473 e. The van der Waals surface area contributed by atoms with Gasteiger partial charge in [-0.3, -0.25) is 9.69 Å².